The number of pyridine rings is 1. The van der Waals surface area contributed by atoms with Gasteiger partial charge in [0, 0.05) is 30.2 Å². The first kappa shape index (κ1) is 18.4. The van der Waals surface area contributed by atoms with E-state index >= 15 is 0 Å². The summed E-state index contributed by atoms with van der Waals surface area (Å²) in [5, 5.41) is 7.52. The normalized spacial score (nSPS) is 16.0. The first-order chi connectivity index (χ1) is 12.5. The molecule has 0 aliphatic carbocycles. The summed E-state index contributed by atoms with van der Waals surface area (Å²) in [7, 11) is 0. The number of amides is 1. The second-order valence-corrected chi connectivity index (χ2v) is 7.34. The molecule has 5 nitrogen and oxygen atoms in total. The predicted molar refractivity (Wildman–Crippen MR) is 107 cm³/mol. The van der Waals surface area contributed by atoms with Gasteiger partial charge in [-0.3, -0.25) is 14.7 Å². The summed E-state index contributed by atoms with van der Waals surface area (Å²) in [4.78, 5) is 19.0. The van der Waals surface area contributed by atoms with Crippen molar-refractivity contribution >= 4 is 22.5 Å². The number of para-hydroxylation sites is 1. The molecule has 138 valence electrons. The molecule has 2 heterocycles. The molecule has 1 amide bonds. The van der Waals surface area contributed by atoms with E-state index in [1.54, 1.807) is 6.20 Å². The highest BCUT2D eigenvalue weighted by Crippen LogP contribution is 2.17. The largest absolute Gasteiger partial charge is 0.386 e. The van der Waals surface area contributed by atoms with Crippen LogP contribution in [0, 0.1) is 5.92 Å². The maximum Gasteiger partial charge on any atom is 0.238 e. The number of allylic oxidation sites excluding steroid dienone is 1. The van der Waals surface area contributed by atoms with Crippen LogP contribution >= 0.6 is 0 Å². The van der Waals surface area contributed by atoms with Gasteiger partial charge in [0.25, 0.3) is 0 Å². The lowest BCUT2D eigenvalue weighted by Gasteiger charge is -2.33. The van der Waals surface area contributed by atoms with Gasteiger partial charge in [0.05, 0.1) is 23.9 Å². The highest BCUT2D eigenvalue weighted by Gasteiger charge is 2.21. The topological polar surface area (TPSA) is 57.3 Å². The molecule has 0 saturated carbocycles. The van der Waals surface area contributed by atoms with Gasteiger partial charge in [0.15, 0.2) is 0 Å². The second kappa shape index (κ2) is 8.32. The van der Waals surface area contributed by atoms with E-state index in [1.165, 1.54) is 0 Å². The van der Waals surface area contributed by atoms with Crippen LogP contribution in [0.2, 0.25) is 0 Å². The van der Waals surface area contributed by atoms with Crippen LogP contribution in [-0.2, 0) is 4.79 Å². The number of hydrogen-bond acceptors (Lipinski definition) is 4. The van der Waals surface area contributed by atoms with Crippen LogP contribution in [0.4, 0.5) is 5.69 Å². The molecule has 1 aromatic carbocycles. The number of nitrogens with zero attached hydrogens (tertiary/aromatic N) is 2. The van der Waals surface area contributed by atoms with E-state index in [0.29, 0.717) is 18.5 Å². The molecule has 26 heavy (non-hydrogen) atoms. The lowest BCUT2D eigenvalue weighted by Crippen LogP contribution is -2.45. The number of hydrogen-bond donors (Lipinski definition) is 2. The fourth-order valence-corrected chi connectivity index (χ4v) is 3.21. The number of piperidine rings is 1. The Morgan fingerprint density at radius 2 is 2.04 bits per heavy atom. The smallest absolute Gasteiger partial charge is 0.238 e. The van der Waals surface area contributed by atoms with E-state index in [1.807, 2.05) is 30.3 Å². The van der Waals surface area contributed by atoms with Crippen LogP contribution in [0.3, 0.4) is 0 Å². The molecule has 2 N–H and O–H groups in total. The monoisotopic (exact) mass is 352 g/mol. The van der Waals surface area contributed by atoms with Gasteiger partial charge < -0.3 is 10.6 Å². The molecular formula is C21H28N4O. The molecule has 0 spiro atoms. The molecule has 1 aliphatic rings. The molecule has 0 atom stereocenters. The van der Waals surface area contributed by atoms with Gasteiger partial charge in [-0.05, 0) is 30.9 Å². The van der Waals surface area contributed by atoms with Crippen LogP contribution in [-0.4, -0.2) is 41.5 Å². The average Bonchev–Trinajstić information content (AvgIpc) is 2.63. The maximum absolute atomic E-state index is 12.4. The molecule has 0 radical (unpaired) electrons. The Labute approximate surface area is 155 Å². The molecule has 1 saturated heterocycles. The molecule has 0 unspecified atom stereocenters. The van der Waals surface area contributed by atoms with E-state index in [-0.39, 0.29) is 5.91 Å². The van der Waals surface area contributed by atoms with Crippen molar-refractivity contribution in [2.24, 2.45) is 5.92 Å². The lowest BCUT2D eigenvalue weighted by atomic mass is 10.0. The summed E-state index contributed by atoms with van der Waals surface area (Å²) >= 11 is 0. The Hall–Kier alpha value is -2.40. The van der Waals surface area contributed by atoms with Gasteiger partial charge in [-0.15, -0.1) is 0 Å². The van der Waals surface area contributed by atoms with Crippen molar-refractivity contribution in [1.82, 2.24) is 15.2 Å². The van der Waals surface area contributed by atoms with Crippen molar-refractivity contribution in [2.45, 2.75) is 32.7 Å². The van der Waals surface area contributed by atoms with Crippen molar-refractivity contribution in [3.8, 4) is 0 Å². The minimum atomic E-state index is 0.0140. The van der Waals surface area contributed by atoms with E-state index in [9.17, 15) is 4.79 Å². The quantitative estimate of drug-likeness (QED) is 0.837. The van der Waals surface area contributed by atoms with Gasteiger partial charge in [-0.2, -0.15) is 0 Å². The van der Waals surface area contributed by atoms with Gasteiger partial charge in [0.1, 0.15) is 0 Å². The highest BCUT2D eigenvalue weighted by atomic mass is 16.2. The zero-order valence-corrected chi connectivity index (χ0v) is 15.7. The predicted octanol–water partition coefficient (Wildman–Crippen LogP) is 3.40. The zero-order valence-electron chi connectivity index (χ0n) is 15.7. The summed E-state index contributed by atoms with van der Waals surface area (Å²) in [6.07, 6.45) is 3.79. The van der Waals surface area contributed by atoms with E-state index in [0.717, 1.165) is 48.2 Å². The Morgan fingerprint density at radius 3 is 2.77 bits per heavy atom. The number of fused-ring (bicyclic) bond motifs is 1. The molecule has 2 aromatic rings. The van der Waals surface area contributed by atoms with Crippen LogP contribution < -0.4 is 10.6 Å². The Balaban J connectivity index is 1.47. The number of nitrogens with one attached hydrogen (secondary N) is 2. The zero-order chi connectivity index (χ0) is 18.5. The van der Waals surface area contributed by atoms with Crippen molar-refractivity contribution in [1.29, 1.82) is 0 Å². The van der Waals surface area contributed by atoms with E-state index in [4.69, 9.17) is 0 Å². The molecule has 1 aliphatic heterocycles. The Morgan fingerprint density at radius 1 is 1.31 bits per heavy atom. The summed E-state index contributed by atoms with van der Waals surface area (Å²) < 4.78 is 0. The van der Waals surface area contributed by atoms with Crippen molar-refractivity contribution < 1.29 is 4.79 Å². The maximum atomic E-state index is 12.4. The van der Waals surface area contributed by atoms with Gasteiger partial charge in [-0.1, -0.05) is 38.6 Å². The Kier molecular flexibility index (Phi) is 5.89. The third kappa shape index (κ3) is 4.82. The van der Waals surface area contributed by atoms with E-state index in [2.05, 4.69) is 40.9 Å². The van der Waals surface area contributed by atoms with Crippen LogP contribution in [0.25, 0.3) is 10.9 Å². The Bertz CT molecular complexity index is 778. The number of aromatic nitrogens is 1. The van der Waals surface area contributed by atoms with Crippen molar-refractivity contribution in [3.05, 3.63) is 48.8 Å². The van der Waals surface area contributed by atoms with Crippen LogP contribution in [0.1, 0.15) is 26.7 Å². The molecular weight excluding hydrogens is 324 g/mol. The SMILES string of the molecule is C=C(NC1CCN(CC(=O)Nc2cnc3ccccc3c2)CC1)C(C)C. The van der Waals surface area contributed by atoms with Gasteiger partial charge in [-0.25, -0.2) is 0 Å². The molecule has 0 bridgehead atoms. The summed E-state index contributed by atoms with van der Waals surface area (Å²) in [5.41, 5.74) is 2.78. The van der Waals surface area contributed by atoms with Crippen LogP contribution in [0.15, 0.2) is 48.8 Å². The summed E-state index contributed by atoms with van der Waals surface area (Å²) in [5.74, 6) is 0.467. The van der Waals surface area contributed by atoms with Gasteiger partial charge in [0.2, 0.25) is 5.91 Å². The number of likely N-dealkylation sites (tertiary alicyclic amines) is 1. The average molecular weight is 352 g/mol. The second-order valence-electron chi connectivity index (χ2n) is 7.34. The summed E-state index contributed by atoms with van der Waals surface area (Å²) in [6, 6.07) is 10.3. The number of carbonyl (C=O) groups excluding carboxylic acids is 1. The minimum absolute atomic E-state index is 0.0140. The van der Waals surface area contributed by atoms with Crippen LogP contribution in [0.5, 0.6) is 0 Å². The third-order valence-electron chi connectivity index (χ3n) is 4.92. The molecule has 5 heteroatoms. The fourth-order valence-electron chi connectivity index (χ4n) is 3.21. The third-order valence-corrected chi connectivity index (χ3v) is 4.92. The number of benzene rings is 1. The van der Waals surface area contributed by atoms with Crippen molar-refractivity contribution in [2.75, 3.05) is 25.0 Å². The first-order valence-electron chi connectivity index (χ1n) is 9.33. The standard InChI is InChI=1S/C21H28N4O/c1-15(2)16(3)23-18-8-10-25(11-9-18)14-21(26)24-19-12-17-6-4-5-7-20(17)22-13-19/h4-7,12-13,15,18,23H,3,8-11,14H2,1-2H3,(H,24,26). The molecule has 3 rings (SSSR count). The number of anilines is 1. The fraction of sp³-hybridized carbons (Fsp3) is 0.429. The first-order valence-corrected chi connectivity index (χ1v) is 9.33. The lowest BCUT2D eigenvalue weighted by molar-refractivity contribution is -0.117. The van der Waals surface area contributed by atoms with Crippen molar-refractivity contribution in [3.63, 3.8) is 0 Å². The molecule has 1 aromatic heterocycles. The van der Waals surface area contributed by atoms with Gasteiger partial charge >= 0.3 is 0 Å². The van der Waals surface area contributed by atoms with E-state index < -0.39 is 0 Å². The minimum Gasteiger partial charge on any atom is -0.386 e. The highest BCUT2D eigenvalue weighted by molar-refractivity contribution is 5.94. The number of carbonyl (C=O) groups is 1. The molecule has 1 fully saturated rings. The number of rotatable bonds is 6. The summed E-state index contributed by atoms with van der Waals surface area (Å²) in [6.45, 7) is 10.7.